The van der Waals surface area contributed by atoms with E-state index in [1.54, 1.807) is 42.5 Å². The van der Waals surface area contributed by atoms with Crippen LogP contribution in [-0.2, 0) is 9.59 Å². The van der Waals surface area contributed by atoms with Gasteiger partial charge in [-0.25, -0.2) is 4.98 Å². The molecule has 2 heterocycles. The lowest BCUT2D eigenvalue weighted by molar-refractivity contribution is -0.384. The Balaban J connectivity index is 1.67. The van der Waals surface area contributed by atoms with Crippen molar-refractivity contribution >= 4 is 49.8 Å². The van der Waals surface area contributed by atoms with E-state index in [9.17, 15) is 24.8 Å². The van der Waals surface area contributed by atoms with Crippen molar-refractivity contribution < 1.29 is 29.1 Å². The topological polar surface area (TPSA) is 132 Å². The molecule has 3 aromatic carbocycles. The van der Waals surface area contributed by atoms with Gasteiger partial charge in [0.2, 0.25) is 0 Å². The number of hydrogen-bond acceptors (Lipinski definition) is 9. The highest BCUT2D eigenvalue weighted by molar-refractivity contribution is 7.22. The first-order valence-corrected chi connectivity index (χ1v) is 12.4. The van der Waals surface area contributed by atoms with Crippen molar-refractivity contribution in [2.24, 2.45) is 0 Å². The molecule has 1 N–H and O–H groups in total. The van der Waals surface area contributed by atoms with Gasteiger partial charge in [0.05, 0.1) is 40.5 Å². The Morgan fingerprint density at radius 1 is 1.08 bits per heavy atom. The van der Waals surface area contributed by atoms with Crippen LogP contribution < -0.4 is 14.4 Å². The molecule has 5 rings (SSSR count). The molecule has 10 nitrogen and oxygen atoms in total. The predicted octanol–water partition coefficient (Wildman–Crippen LogP) is 5.24. The van der Waals surface area contributed by atoms with Gasteiger partial charge < -0.3 is 14.6 Å². The van der Waals surface area contributed by atoms with E-state index in [1.165, 1.54) is 47.6 Å². The van der Waals surface area contributed by atoms with E-state index in [4.69, 9.17) is 9.47 Å². The Labute approximate surface area is 220 Å². The van der Waals surface area contributed by atoms with Crippen molar-refractivity contribution in [2.75, 3.05) is 18.6 Å². The summed E-state index contributed by atoms with van der Waals surface area (Å²) in [5.74, 6) is -0.943. The summed E-state index contributed by atoms with van der Waals surface area (Å²) in [5, 5.41) is 22.7. The number of carbonyl (C=O) groups is 2. The summed E-state index contributed by atoms with van der Waals surface area (Å²) in [6.07, 6.45) is 0. The number of nitrogens with zero attached hydrogens (tertiary/aromatic N) is 3. The maximum absolute atomic E-state index is 13.4. The van der Waals surface area contributed by atoms with Gasteiger partial charge in [0.1, 0.15) is 17.3 Å². The fourth-order valence-corrected chi connectivity index (χ4v) is 5.30. The van der Waals surface area contributed by atoms with Crippen LogP contribution in [0.1, 0.15) is 24.1 Å². The first-order chi connectivity index (χ1) is 18.3. The number of rotatable bonds is 7. The number of aliphatic hydroxyl groups is 1. The van der Waals surface area contributed by atoms with Crippen LogP contribution in [-0.4, -0.2) is 40.4 Å². The van der Waals surface area contributed by atoms with Crippen LogP contribution in [0.3, 0.4) is 0 Å². The smallest absolute Gasteiger partial charge is 0.301 e. The van der Waals surface area contributed by atoms with E-state index in [-0.39, 0.29) is 22.2 Å². The van der Waals surface area contributed by atoms with E-state index >= 15 is 0 Å². The van der Waals surface area contributed by atoms with Gasteiger partial charge in [0.15, 0.2) is 5.13 Å². The van der Waals surface area contributed by atoms with Crippen molar-refractivity contribution in [2.45, 2.75) is 13.0 Å². The highest BCUT2D eigenvalue weighted by atomic mass is 32.1. The zero-order chi connectivity index (χ0) is 27.0. The van der Waals surface area contributed by atoms with Crippen LogP contribution in [0.2, 0.25) is 0 Å². The minimum absolute atomic E-state index is 0.148. The van der Waals surface area contributed by atoms with Gasteiger partial charge in [-0.1, -0.05) is 11.3 Å². The molecule has 1 fully saturated rings. The molecule has 1 atom stereocenters. The van der Waals surface area contributed by atoms with Gasteiger partial charge in [0, 0.05) is 17.7 Å². The Kier molecular flexibility index (Phi) is 6.52. The van der Waals surface area contributed by atoms with Gasteiger partial charge in [-0.3, -0.25) is 24.6 Å². The monoisotopic (exact) mass is 531 g/mol. The average Bonchev–Trinajstić information content (AvgIpc) is 3.46. The number of nitro benzene ring substituents is 1. The Bertz CT molecular complexity index is 1590. The second-order valence-corrected chi connectivity index (χ2v) is 9.31. The van der Waals surface area contributed by atoms with Crippen LogP contribution in [0.4, 0.5) is 10.8 Å². The Morgan fingerprint density at radius 3 is 2.39 bits per heavy atom. The number of fused-ring (bicyclic) bond motifs is 1. The normalized spacial score (nSPS) is 16.7. The van der Waals surface area contributed by atoms with E-state index in [2.05, 4.69) is 4.98 Å². The molecule has 0 spiro atoms. The van der Waals surface area contributed by atoms with Crippen molar-refractivity contribution in [3.05, 3.63) is 93.5 Å². The number of thiazole rings is 1. The first-order valence-electron chi connectivity index (χ1n) is 11.6. The van der Waals surface area contributed by atoms with Crippen molar-refractivity contribution in [3.63, 3.8) is 0 Å². The molecule has 1 aliphatic rings. The molecule has 192 valence electrons. The lowest BCUT2D eigenvalue weighted by Crippen LogP contribution is -2.29. The molecule has 1 saturated heterocycles. The third-order valence-corrected chi connectivity index (χ3v) is 7.11. The molecule has 1 aliphatic heterocycles. The first kappa shape index (κ1) is 24.9. The third-order valence-electron chi connectivity index (χ3n) is 6.09. The minimum Gasteiger partial charge on any atom is -0.507 e. The average molecular weight is 532 g/mol. The number of aromatic nitrogens is 1. The van der Waals surface area contributed by atoms with Crippen molar-refractivity contribution in [3.8, 4) is 11.5 Å². The molecule has 0 radical (unpaired) electrons. The summed E-state index contributed by atoms with van der Waals surface area (Å²) in [6.45, 7) is 2.31. The minimum atomic E-state index is -1.06. The number of methoxy groups -OCH3 is 1. The number of hydrogen-bond donors (Lipinski definition) is 1. The molecule has 1 unspecified atom stereocenters. The van der Waals surface area contributed by atoms with E-state index in [1.807, 2.05) is 6.92 Å². The number of nitro groups is 1. The van der Waals surface area contributed by atoms with Crippen LogP contribution >= 0.6 is 11.3 Å². The summed E-state index contributed by atoms with van der Waals surface area (Å²) >= 11 is 1.19. The molecule has 11 heteroatoms. The number of ketones is 1. The predicted molar refractivity (Wildman–Crippen MR) is 142 cm³/mol. The fraction of sp³-hybridized carbons (Fsp3) is 0.148. The molecule has 38 heavy (non-hydrogen) atoms. The number of Topliss-reactive ketones (excluding diaryl/α,β-unsaturated/α-hetero) is 1. The SMILES string of the molecule is CCOc1ccc(/C(O)=C2\C(=O)C(=O)N(c3nc4ccc(OC)cc4s3)C2c2ccc([N+](=O)[O-])cc2)cc1. The van der Waals surface area contributed by atoms with E-state index in [0.29, 0.717) is 34.7 Å². The van der Waals surface area contributed by atoms with Gasteiger partial charge in [0.25, 0.3) is 11.5 Å². The van der Waals surface area contributed by atoms with Gasteiger partial charge in [-0.05, 0) is 67.1 Å². The van der Waals surface area contributed by atoms with Crippen LogP contribution in [0.15, 0.2) is 72.3 Å². The maximum atomic E-state index is 13.4. The Morgan fingerprint density at radius 2 is 1.76 bits per heavy atom. The number of amides is 1. The lowest BCUT2D eigenvalue weighted by Gasteiger charge is -2.22. The third kappa shape index (κ3) is 4.33. The molecular formula is C27H21N3O7S. The van der Waals surface area contributed by atoms with E-state index in [0.717, 1.165) is 4.70 Å². The lowest BCUT2D eigenvalue weighted by atomic mass is 9.95. The quantitative estimate of drug-likeness (QED) is 0.113. The maximum Gasteiger partial charge on any atom is 0.301 e. The largest absolute Gasteiger partial charge is 0.507 e. The number of anilines is 1. The summed E-state index contributed by atoms with van der Waals surface area (Å²) in [6, 6.07) is 16.2. The number of benzene rings is 3. The second-order valence-electron chi connectivity index (χ2n) is 8.31. The number of carbonyl (C=O) groups excluding carboxylic acids is 2. The highest BCUT2D eigenvalue weighted by Crippen LogP contribution is 2.45. The second kappa shape index (κ2) is 9.94. The highest BCUT2D eigenvalue weighted by Gasteiger charge is 2.48. The molecule has 0 bridgehead atoms. The molecule has 0 saturated carbocycles. The molecular weight excluding hydrogens is 510 g/mol. The van der Waals surface area contributed by atoms with Crippen LogP contribution in [0.5, 0.6) is 11.5 Å². The van der Waals surface area contributed by atoms with Gasteiger partial charge >= 0.3 is 5.91 Å². The number of ether oxygens (including phenoxy) is 2. The molecule has 0 aliphatic carbocycles. The fourth-order valence-electron chi connectivity index (χ4n) is 4.28. The van der Waals surface area contributed by atoms with Gasteiger partial charge in [-0.2, -0.15) is 0 Å². The Hall–Kier alpha value is -4.77. The number of non-ortho nitro benzene ring substituents is 1. The van der Waals surface area contributed by atoms with Crippen molar-refractivity contribution in [1.82, 2.24) is 4.98 Å². The molecule has 4 aromatic rings. The zero-order valence-electron chi connectivity index (χ0n) is 20.3. The zero-order valence-corrected chi connectivity index (χ0v) is 21.1. The summed E-state index contributed by atoms with van der Waals surface area (Å²) in [5.41, 5.74) is 1.02. The summed E-state index contributed by atoms with van der Waals surface area (Å²) in [4.78, 5) is 43.2. The molecule has 1 aromatic heterocycles. The number of aliphatic hydroxyl groups excluding tert-OH is 1. The van der Waals surface area contributed by atoms with Gasteiger partial charge in [-0.15, -0.1) is 0 Å². The molecule has 1 amide bonds. The van der Waals surface area contributed by atoms with E-state index < -0.39 is 22.7 Å². The summed E-state index contributed by atoms with van der Waals surface area (Å²) < 4.78 is 11.5. The standard InChI is InChI=1S/C27H21N3O7S/c1-3-37-18-10-6-16(7-11-18)24(31)22-23(15-4-8-17(9-5-15)30(34)35)29(26(33)25(22)32)27-28-20-13-12-19(36-2)14-21(20)38-27/h4-14,23,31H,3H2,1-2H3/b24-22+. The van der Waals surface area contributed by atoms with Crippen molar-refractivity contribution in [1.29, 1.82) is 0 Å². The van der Waals surface area contributed by atoms with Crippen LogP contribution in [0.25, 0.3) is 16.0 Å². The van der Waals surface area contributed by atoms with Crippen LogP contribution in [0, 0.1) is 10.1 Å². The summed E-state index contributed by atoms with van der Waals surface area (Å²) in [7, 11) is 1.54.